The van der Waals surface area contributed by atoms with Crippen LogP contribution in [0.4, 0.5) is 5.69 Å². The number of nitrogens with one attached hydrogen (secondary N) is 1. The van der Waals surface area contributed by atoms with Gasteiger partial charge in [-0.25, -0.2) is 0 Å². The molecule has 7 nitrogen and oxygen atoms in total. The Morgan fingerprint density at radius 3 is 2.74 bits per heavy atom. The normalized spacial score (nSPS) is 17.4. The van der Waals surface area contributed by atoms with Crippen LogP contribution >= 0.6 is 11.6 Å². The van der Waals surface area contributed by atoms with Crippen molar-refractivity contribution in [2.75, 3.05) is 7.11 Å². The molecule has 3 rings (SSSR count). The van der Waals surface area contributed by atoms with Crippen LogP contribution < -0.4 is 14.8 Å². The number of fused-ring (bicyclic) bond motifs is 1. The molecule has 1 aliphatic heterocycles. The second-order valence-corrected chi connectivity index (χ2v) is 7.32. The molecule has 1 amide bonds. The standard InChI is InChI=1S/C19H19ClN2O5/c1-19(2)10-16(14-9-12(26-3)5-7-17(14)27-19)21-18(23)13-8-11(22(24)25)4-6-15(13)20/h4-9,16H,10H2,1-3H3,(H,21,23)/t16-/m0/s1. The van der Waals surface area contributed by atoms with E-state index in [0.717, 1.165) is 5.56 Å². The molecule has 2 aromatic rings. The zero-order valence-electron chi connectivity index (χ0n) is 15.1. The van der Waals surface area contributed by atoms with Gasteiger partial charge in [0.25, 0.3) is 11.6 Å². The molecule has 0 bridgehead atoms. The molecule has 0 radical (unpaired) electrons. The van der Waals surface area contributed by atoms with Crippen LogP contribution in [-0.4, -0.2) is 23.5 Å². The van der Waals surface area contributed by atoms with Crippen LogP contribution in [0, 0.1) is 10.1 Å². The van der Waals surface area contributed by atoms with Gasteiger partial charge in [-0.2, -0.15) is 0 Å². The predicted octanol–water partition coefficient (Wildman–Crippen LogP) is 4.29. The quantitative estimate of drug-likeness (QED) is 0.621. The average Bonchev–Trinajstić information content (AvgIpc) is 2.60. The largest absolute Gasteiger partial charge is 0.497 e. The first kappa shape index (κ1) is 19.0. The monoisotopic (exact) mass is 390 g/mol. The van der Waals surface area contributed by atoms with Crippen molar-refractivity contribution >= 4 is 23.2 Å². The third kappa shape index (κ3) is 3.98. The van der Waals surface area contributed by atoms with Gasteiger partial charge in [-0.1, -0.05) is 11.6 Å². The topological polar surface area (TPSA) is 90.7 Å². The molecule has 142 valence electrons. The Morgan fingerprint density at radius 1 is 1.33 bits per heavy atom. The summed E-state index contributed by atoms with van der Waals surface area (Å²) in [6.07, 6.45) is 0.519. The number of nitro groups is 1. The van der Waals surface area contributed by atoms with Crippen LogP contribution in [0.25, 0.3) is 0 Å². The number of benzene rings is 2. The summed E-state index contributed by atoms with van der Waals surface area (Å²) in [6.45, 7) is 3.86. The fourth-order valence-corrected chi connectivity index (χ4v) is 3.33. The first-order chi connectivity index (χ1) is 12.7. The van der Waals surface area contributed by atoms with Crippen molar-refractivity contribution in [3.8, 4) is 11.5 Å². The van der Waals surface area contributed by atoms with Crippen LogP contribution in [-0.2, 0) is 0 Å². The van der Waals surface area contributed by atoms with Crippen LogP contribution in [0.5, 0.6) is 11.5 Å². The van der Waals surface area contributed by atoms with E-state index in [1.807, 2.05) is 19.9 Å². The molecule has 1 aliphatic rings. The highest BCUT2D eigenvalue weighted by Crippen LogP contribution is 2.41. The van der Waals surface area contributed by atoms with Gasteiger partial charge < -0.3 is 14.8 Å². The molecular weight excluding hydrogens is 372 g/mol. The van der Waals surface area contributed by atoms with E-state index < -0.39 is 16.4 Å². The van der Waals surface area contributed by atoms with Crippen molar-refractivity contribution in [3.63, 3.8) is 0 Å². The third-order valence-corrected chi connectivity index (χ3v) is 4.71. The van der Waals surface area contributed by atoms with E-state index in [1.54, 1.807) is 19.2 Å². The minimum absolute atomic E-state index is 0.0552. The van der Waals surface area contributed by atoms with Gasteiger partial charge in [-0.05, 0) is 38.1 Å². The fourth-order valence-electron chi connectivity index (χ4n) is 3.13. The molecule has 8 heteroatoms. The average molecular weight is 391 g/mol. The van der Waals surface area contributed by atoms with Crippen molar-refractivity contribution in [3.05, 3.63) is 62.7 Å². The minimum Gasteiger partial charge on any atom is -0.497 e. The van der Waals surface area contributed by atoms with Crippen molar-refractivity contribution in [2.24, 2.45) is 0 Å². The highest BCUT2D eigenvalue weighted by Gasteiger charge is 2.35. The van der Waals surface area contributed by atoms with E-state index in [2.05, 4.69) is 5.32 Å². The molecule has 0 aliphatic carbocycles. The lowest BCUT2D eigenvalue weighted by Gasteiger charge is -2.38. The highest BCUT2D eigenvalue weighted by molar-refractivity contribution is 6.34. The Morgan fingerprint density at radius 2 is 2.07 bits per heavy atom. The second-order valence-electron chi connectivity index (χ2n) is 6.92. The second kappa shape index (κ2) is 7.08. The van der Waals surface area contributed by atoms with Crippen molar-refractivity contribution in [1.29, 1.82) is 0 Å². The van der Waals surface area contributed by atoms with Crippen LogP contribution in [0.2, 0.25) is 5.02 Å². The zero-order chi connectivity index (χ0) is 19.8. The third-order valence-electron chi connectivity index (χ3n) is 4.39. The van der Waals surface area contributed by atoms with Crippen LogP contribution in [0.1, 0.15) is 42.2 Å². The molecule has 0 unspecified atom stereocenters. The number of halogens is 1. The van der Waals surface area contributed by atoms with E-state index in [0.29, 0.717) is 17.9 Å². The molecule has 2 aromatic carbocycles. The maximum Gasteiger partial charge on any atom is 0.270 e. The first-order valence-corrected chi connectivity index (χ1v) is 8.70. The summed E-state index contributed by atoms with van der Waals surface area (Å²) in [5.41, 5.74) is 0.147. The summed E-state index contributed by atoms with van der Waals surface area (Å²) in [6, 6.07) is 8.82. The summed E-state index contributed by atoms with van der Waals surface area (Å²) in [5.74, 6) is 0.812. The van der Waals surface area contributed by atoms with E-state index in [4.69, 9.17) is 21.1 Å². The van der Waals surface area contributed by atoms with Crippen molar-refractivity contribution in [1.82, 2.24) is 5.32 Å². The molecular formula is C19H19ClN2O5. The molecule has 0 fully saturated rings. The SMILES string of the molecule is COc1ccc2c(c1)[C@@H](NC(=O)c1cc([N+](=O)[O-])ccc1Cl)CC(C)(C)O2. The van der Waals surface area contributed by atoms with E-state index in [1.165, 1.54) is 18.2 Å². The summed E-state index contributed by atoms with van der Waals surface area (Å²) in [7, 11) is 1.56. The molecule has 1 heterocycles. The number of carbonyl (C=O) groups excluding carboxylic acids is 1. The van der Waals surface area contributed by atoms with Gasteiger partial charge in [0.1, 0.15) is 17.1 Å². The Kier molecular flexibility index (Phi) is 4.97. The fraction of sp³-hybridized carbons (Fsp3) is 0.316. The molecule has 1 N–H and O–H groups in total. The zero-order valence-corrected chi connectivity index (χ0v) is 15.9. The lowest BCUT2D eigenvalue weighted by molar-refractivity contribution is -0.384. The summed E-state index contributed by atoms with van der Waals surface area (Å²) >= 11 is 6.09. The molecule has 1 atom stereocenters. The molecule has 27 heavy (non-hydrogen) atoms. The number of hydrogen-bond acceptors (Lipinski definition) is 5. The van der Waals surface area contributed by atoms with Gasteiger partial charge in [0.05, 0.1) is 28.7 Å². The van der Waals surface area contributed by atoms with Gasteiger partial charge in [0.2, 0.25) is 0 Å². The Bertz CT molecular complexity index is 913. The van der Waals surface area contributed by atoms with Gasteiger partial charge in [0, 0.05) is 24.1 Å². The van der Waals surface area contributed by atoms with Gasteiger partial charge in [0.15, 0.2) is 0 Å². The lowest BCUT2D eigenvalue weighted by Crippen LogP contribution is -2.41. The number of ether oxygens (including phenoxy) is 2. The van der Waals surface area contributed by atoms with Crippen LogP contribution in [0.15, 0.2) is 36.4 Å². The smallest absolute Gasteiger partial charge is 0.270 e. The number of rotatable bonds is 4. The molecule has 0 spiro atoms. The van der Waals surface area contributed by atoms with Crippen molar-refractivity contribution in [2.45, 2.75) is 31.9 Å². The number of amides is 1. The minimum atomic E-state index is -0.565. The first-order valence-electron chi connectivity index (χ1n) is 8.32. The van der Waals surface area contributed by atoms with E-state index in [-0.39, 0.29) is 22.3 Å². The number of hydrogen-bond donors (Lipinski definition) is 1. The number of carbonyl (C=O) groups is 1. The number of non-ortho nitro benzene ring substituents is 1. The maximum atomic E-state index is 12.8. The summed E-state index contributed by atoms with van der Waals surface area (Å²) in [5, 5.41) is 14.1. The molecule has 0 saturated heterocycles. The highest BCUT2D eigenvalue weighted by atomic mass is 35.5. The Balaban J connectivity index is 1.94. The summed E-state index contributed by atoms with van der Waals surface area (Å²) in [4.78, 5) is 23.2. The molecule has 0 saturated carbocycles. The van der Waals surface area contributed by atoms with Gasteiger partial charge in [-0.15, -0.1) is 0 Å². The van der Waals surface area contributed by atoms with E-state index in [9.17, 15) is 14.9 Å². The predicted molar refractivity (Wildman–Crippen MR) is 101 cm³/mol. The lowest BCUT2D eigenvalue weighted by atomic mass is 9.89. The summed E-state index contributed by atoms with van der Waals surface area (Å²) < 4.78 is 11.3. The van der Waals surface area contributed by atoms with Crippen LogP contribution in [0.3, 0.4) is 0 Å². The molecule has 0 aromatic heterocycles. The van der Waals surface area contributed by atoms with E-state index >= 15 is 0 Å². The number of methoxy groups -OCH3 is 1. The van der Waals surface area contributed by atoms with Gasteiger partial charge in [-0.3, -0.25) is 14.9 Å². The Labute approximate surface area is 161 Å². The maximum absolute atomic E-state index is 12.8. The number of nitro benzene ring substituents is 1. The van der Waals surface area contributed by atoms with Crippen molar-refractivity contribution < 1.29 is 19.2 Å². The Hall–Kier alpha value is -2.80. The number of nitrogens with zero attached hydrogens (tertiary/aromatic N) is 1. The van der Waals surface area contributed by atoms with Gasteiger partial charge >= 0.3 is 0 Å².